The third kappa shape index (κ3) is 5.21. The molecule has 1 amide bonds. The molecule has 136 valence electrons. The lowest BCUT2D eigenvalue weighted by Crippen LogP contribution is -2.35. The first-order valence-electron chi connectivity index (χ1n) is 8.27. The molecule has 0 spiro atoms. The lowest BCUT2D eigenvalue weighted by Gasteiger charge is -2.12. The third-order valence-electron chi connectivity index (χ3n) is 4.13. The SMILES string of the molecule is O=C(NC(=S)Nc1ccc(S(=O)(=O)NCC2CCCO2)cc1)C1CC1. The Morgan fingerprint density at radius 3 is 2.52 bits per heavy atom. The van der Waals surface area contributed by atoms with Crippen molar-refractivity contribution in [1.29, 1.82) is 0 Å². The molecule has 1 aromatic carbocycles. The Kier molecular flexibility index (Phi) is 5.67. The van der Waals surface area contributed by atoms with E-state index in [1.165, 1.54) is 12.1 Å². The Morgan fingerprint density at radius 2 is 1.92 bits per heavy atom. The summed E-state index contributed by atoms with van der Waals surface area (Å²) in [6, 6.07) is 6.20. The first-order valence-corrected chi connectivity index (χ1v) is 10.2. The number of hydrogen-bond acceptors (Lipinski definition) is 5. The molecule has 2 fully saturated rings. The number of anilines is 1. The summed E-state index contributed by atoms with van der Waals surface area (Å²) in [5.74, 6) is -0.00257. The summed E-state index contributed by atoms with van der Waals surface area (Å²) in [7, 11) is -3.58. The van der Waals surface area contributed by atoms with Gasteiger partial charge in [-0.1, -0.05) is 0 Å². The van der Waals surface area contributed by atoms with Gasteiger partial charge in [0.15, 0.2) is 5.11 Å². The molecule has 3 N–H and O–H groups in total. The molecule has 1 aliphatic heterocycles. The molecule has 1 atom stereocenters. The molecule has 0 aromatic heterocycles. The van der Waals surface area contributed by atoms with Crippen molar-refractivity contribution >= 4 is 38.9 Å². The Morgan fingerprint density at radius 1 is 1.20 bits per heavy atom. The van der Waals surface area contributed by atoms with Gasteiger partial charge in [-0.05, 0) is 62.2 Å². The van der Waals surface area contributed by atoms with Crippen LogP contribution >= 0.6 is 12.2 Å². The van der Waals surface area contributed by atoms with Gasteiger partial charge in [-0.2, -0.15) is 0 Å². The number of ether oxygens (including phenoxy) is 1. The highest BCUT2D eigenvalue weighted by molar-refractivity contribution is 7.89. The first kappa shape index (κ1) is 18.2. The fourth-order valence-electron chi connectivity index (χ4n) is 2.53. The molecule has 1 aliphatic carbocycles. The number of amides is 1. The van der Waals surface area contributed by atoms with E-state index in [-0.39, 0.29) is 34.5 Å². The number of carbonyl (C=O) groups excluding carboxylic acids is 1. The Hall–Kier alpha value is -1.55. The number of carbonyl (C=O) groups is 1. The van der Waals surface area contributed by atoms with E-state index in [1.54, 1.807) is 12.1 Å². The lowest BCUT2D eigenvalue weighted by molar-refractivity contribution is -0.120. The lowest BCUT2D eigenvalue weighted by atomic mass is 10.2. The molecular formula is C16H21N3O4S2. The van der Waals surface area contributed by atoms with E-state index in [4.69, 9.17) is 17.0 Å². The van der Waals surface area contributed by atoms with Gasteiger partial charge in [0.05, 0.1) is 11.0 Å². The van der Waals surface area contributed by atoms with Crippen molar-refractivity contribution < 1.29 is 17.9 Å². The number of hydrogen-bond donors (Lipinski definition) is 3. The van der Waals surface area contributed by atoms with Gasteiger partial charge in [0.2, 0.25) is 15.9 Å². The molecule has 25 heavy (non-hydrogen) atoms. The van der Waals surface area contributed by atoms with Crippen LogP contribution < -0.4 is 15.4 Å². The minimum atomic E-state index is -3.58. The summed E-state index contributed by atoms with van der Waals surface area (Å²) in [5, 5.41) is 5.71. The van der Waals surface area contributed by atoms with E-state index < -0.39 is 10.0 Å². The maximum Gasteiger partial charge on any atom is 0.240 e. The van der Waals surface area contributed by atoms with Crippen LogP contribution in [0.4, 0.5) is 5.69 Å². The number of thiocarbonyl (C=S) groups is 1. The fraction of sp³-hybridized carbons (Fsp3) is 0.500. The van der Waals surface area contributed by atoms with Gasteiger partial charge >= 0.3 is 0 Å². The van der Waals surface area contributed by atoms with Crippen LogP contribution in [0.2, 0.25) is 0 Å². The maximum absolute atomic E-state index is 12.3. The van der Waals surface area contributed by atoms with Crippen molar-refractivity contribution in [2.24, 2.45) is 5.92 Å². The van der Waals surface area contributed by atoms with Gasteiger partial charge in [-0.15, -0.1) is 0 Å². The number of benzene rings is 1. The smallest absolute Gasteiger partial charge is 0.240 e. The van der Waals surface area contributed by atoms with E-state index in [0.29, 0.717) is 12.3 Å². The van der Waals surface area contributed by atoms with Crippen molar-refractivity contribution in [1.82, 2.24) is 10.0 Å². The van der Waals surface area contributed by atoms with E-state index in [9.17, 15) is 13.2 Å². The fourth-order valence-corrected chi connectivity index (χ4v) is 3.82. The molecule has 3 rings (SSSR count). The van der Waals surface area contributed by atoms with E-state index in [2.05, 4.69) is 15.4 Å². The van der Waals surface area contributed by atoms with Crippen LogP contribution in [0.5, 0.6) is 0 Å². The summed E-state index contributed by atoms with van der Waals surface area (Å²) in [6.07, 6.45) is 3.59. The Balaban J connectivity index is 1.53. The van der Waals surface area contributed by atoms with Crippen molar-refractivity contribution in [2.75, 3.05) is 18.5 Å². The average Bonchev–Trinajstić information content (AvgIpc) is 3.30. The zero-order valence-corrected chi connectivity index (χ0v) is 15.3. The van der Waals surface area contributed by atoms with Crippen LogP contribution in [0.3, 0.4) is 0 Å². The van der Waals surface area contributed by atoms with Crippen LogP contribution in [-0.4, -0.2) is 38.7 Å². The first-order chi connectivity index (χ1) is 11.9. The minimum absolute atomic E-state index is 0.0526. The van der Waals surface area contributed by atoms with Crippen molar-refractivity contribution in [3.8, 4) is 0 Å². The van der Waals surface area contributed by atoms with Gasteiger partial charge < -0.3 is 15.4 Å². The molecule has 1 saturated heterocycles. The zero-order chi connectivity index (χ0) is 17.9. The van der Waals surface area contributed by atoms with Gasteiger partial charge in [-0.3, -0.25) is 4.79 Å². The van der Waals surface area contributed by atoms with E-state index in [1.807, 2.05) is 0 Å². The Labute approximate surface area is 152 Å². The molecule has 2 aliphatic rings. The second-order valence-corrected chi connectivity index (χ2v) is 8.40. The molecular weight excluding hydrogens is 362 g/mol. The topological polar surface area (TPSA) is 96.5 Å². The number of sulfonamides is 1. The highest BCUT2D eigenvalue weighted by Crippen LogP contribution is 2.28. The summed E-state index contributed by atoms with van der Waals surface area (Å²) >= 11 is 5.08. The van der Waals surface area contributed by atoms with Crippen LogP contribution in [0.25, 0.3) is 0 Å². The molecule has 0 bridgehead atoms. The summed E-state index contributed by atoms with van der Waals surface area (Å²) in [6.45, 7) is 0.962. The summed E-state index contributed by atoms with van der Waals surface area (Å²) in [4.78, 5) is 11.8. The average molecular weight is 383 g/mol. The van der Waals surface area contributed by atoms with Crippen LogP contribution in [0, 0.1) is 5.92 Å². The largest absolute Gasteiger partial charge is 0.377 e. The van der Waals surface area contributed by atoms with Crippen molar-refractivity contribution in [3.05, 3.63) is 24.3 Å². The normalized spacial score (nSPS) is 20.2. The van der Waals surface area contributed by atoms with Crippen LogP contribution in [0.1, 0.15) is 25.7 Å². The quantitative estimate of drug-likeness (QED) is 0.642. The minimum Gasteiger partial charge on any atom is -0.377 e. The summed E-state index contributed by atoms with van der Waals surface area (Å²) < 4.78 is 32.5. The highest BCUT2D eigenvalue weighted by atomic mass is 32.2. The van der Waals surface area contributed by atoms with Gasteiger partial charge in [-0.25, -0.2) is 13.1 Å². The Bertz CT molecular complexity index is 739. The molecule has 1 saturated carbocycles. The second kappa shape index (κ2) is 7.77. The van der Waals surface area contributed by atoms with E-state index in [0.717, 1.165) is 25.7 Å². The van der Waals surface area contributed by atoms with Crippen molar-refractivity contribution in [2.45, 2.75) is 36.7 Å². The molecule has 1 heterocycles. The molecule has 1 unspecified atom stereocenters. The van der Waals surface area contributed by atoms with Crippen LogP contribution in [-0.2, 0) is 19.6 Å². The van der Waals surface area contributed by atoms with Crippen molar-refractivity contribution in [3.63, 3.8) is 0 Å². The number of nitrogens with one attached hydrogen (secondary N) is 3. The molecule has 0 radical (unpaired) electrons. The molecule has 7 nitrogen and oxygen atoms in total. The second-order valence-electron chi connectivity index (χ2n) is 6.23. The zero-order valence-electron chi connectivity index (χ0n) is 13.7. The van der Waals surface area contributed by atoms with Crippen LogP contribution in [0.15, 0.2) is 29.2 Å². The van der Waals surface area contributed by atoms with Gasteiger partial charge in [0.1, 0.15) is 0 Å². The highest BCUT2D eigenvalue weighted by Gasteiger charge is 2.30. The maximum atomic E-state index is 12.3. The third-order valence-corrected chi connectivity index (χ3v) is 5.78. The monoisotopic (exact) mass is 383 g/mol. The molecule has 9 heteroatoms. The predicted octanol–water partition coefficient (Wildman–Crippen LogP) is 1.37. The van der Waals surface area contributed by atoms with Gasteiger partial charge in [0.25, 0.3) is 0 Å². The summed E-state index contributed by atoms with van der Waals surface area (Å²) in [5.41, 5.74) is 0.610. The standard InChI is InChI=1S/C16H21N3O4S2/c20-15(11-3-4-11)19-16(24)18-12-5-7-14(8-6-12)25(21,22)17-10-13-2-1-9-23-13/h5-8,11,13,17H,1-4,9-10H2,(H2,18,19,20,24). The predicted molar refractivity (Wildman–Crippen MR) is 97.7 cm³/mol. The number of rotatable bonds is 6. The molecule has 1 aromatic rings. The van der Waals surface area contributed by atoms with Gasteiger partial charge in [0, 0.05) is 24.8 Å². The van der Waals surface area contributed by atoms with E-state index >= 15 is 0 Å².